The molecule has 0 heterocycles. The van der Waals surface area contributed by atoms with Gasteiger partial charge in [-0.15, -0.1) is 0 Å². The third-order valence-electron chi connectivity index (χ3n) is 3.31. The molecule has 4 nitrogen and oxygen atoms in total. The topological polar surface area (TPSA) is 67.2 Å². The van der Waals surface area contributed by atoms with Crippen LogP contribution in [0.5, 0.6) is 0 Å². The van der Waals surface area contributed by atoms with Crippen LogP contribution in [0.3, 0.4) is 0 Å². The van der Waals surface area contributed by atoms with Crippen molar-refractivity contribution in [1.82, 2.24) is 5.32 Å². The third-order valence-corrected chi connectivity index (χ3v) is 3.77. The lowest BCUT2D eigenvalue weighted by Crippen LogP contribution is -2.38. The highest BCUT2D eigenvalue weighted by atomic mass is 32.1. The average Bonchev–Trinajstić information content (AvgIpc) is 2.51. The lowest BCUT2D eigenvalue weighted by Gasteiger charge is -2.12. The third kappa shape index (κ3) is 9.07. The van der Waals surface area contributed by atoms with Gasteiger partial charge in [0.2, 0.25) is 5.91 Å². The molecule has 126 valence electrons. The number of nitrogens with one attached hydrogen (secondary N) is 2. The molecule has 0 spiro atoms. The number of benzene rings is 1. The number of aryl methyl sites for hydroxylation is 1. The maximum atomic E-state index is 11.7. The Morgan fingerprint density at radius 3 is 2.45 bits per heavy atom. The Hall–Kier alpha value is -1.04. The Morgan fingerprint density at radius 1 is 1.27 bits per heavy atom. The monoisotopic (exact) mass is 325 g/mol. The summed E-state index contributed by atoms with van der Waals surface area (Å²) in [5.74, 6) is 0.543. The molecule has 1 amide bonds. The number of hydrogen-bond donors (Lipinski definition) is 4. The van der Waals surface area contributed by atoms with E-state index in [0.29, 0.717) is 12.3 Å². The molecule has 1 atom stereocenters. The highest BCUT2D eigenvalue weighted by Crippen LogP contribution is 2.17. The van der Waals surface area contributed by atoms with Crippen molar-refractivity contribution < 1.29 is 4.79 Å². The van der Waals surface area contributed by atoms with Crippen LogP contribution in [-0.4, -0.2) is 30.8 Å². The summed E-state index contributed by atoms with van der Waals surface area (Å²) in [7, 11) is 0. The van der Waals surface area contributed by atoms with Crippen LogP contribution in [0.15, 0.2) is 18.2 Å². The van der Waals surface area contributed by atoms with Crippen molar-refractivity contribution in [3.05, 3.63) is 29.3 Å². The van der Waals surface area contributed by atoms with Crippen molar-refractivity contribution in [3.63, 3.8) is 0 Å². The zero-order valence-corrected chi connectivity index (χ0v) is 15.2. The van der Waals surface area contributed by atoms with Gasteiger partial charge in [0, 0.05) is 24.0 Å². The van der Waals surface area contributed by atoms with Gasteiger partial charge in [0.05, 0.1) is 6.54 Å². The minimum atomic E-state index is -0.0601. The molecule has 0 fully saturated rings. The number of amides is 1. The van der Waals surface area contributed by atoms with Gasteiger partial charge in [-0.1, -0.05) is 38.8 Å². The van der Waals surface area contributed by atoms with Crippen LogP contribution in [0.25, 0.3) is 0 Å². The maximum Gasteiger partial charge on any atom is 0.238 e. The maximum absolute atomic E-state index is 11.7. The molecule has 0 saturated carbocycles. The fraction of sp³-hybridized carbons (Fsp3) is 0.588. The first-order valence-electron chi connectivity index (χ1n) is 7.89. The predicted octanol–water partition coefficient (Wildman–Crippen LogP) is 2.90. The summed E-state index contributed by atoms with van der Waals surface area (Å²) >= 11 is 4.08. The van der Waals surface area contributed by atoms with Crippen LogP contribution in [0.1, 0.15) is 37.8 Å². The molecule has 1 rings (SSSR count). The van der Waals surface area contributed by atoms with E-state index in [-0.39, 0.29) is 18.5 Å². The van der Waals surface area contributed by atoms with Crippen LogP contribution in [-0.2, 0) is 4.79 Å². The molecule has 1 aromatic carbocycles. The average molecular weight is 326 g/mol. The molecular weight excluding hydrogens is 294 g/mol. The molecule has 0 aromatic heterocycles. The zero-order chi connectivity index (χ0) is 17.0. The Labute approximate surface area is 140 Å². The van der Waals surface area contributed by atoms with Gasteiger partial charge in [0.1, 0.15) is 0 Å². The molecule has 0 aliphatic carbocycles. The Balaban J connectivity index is 0.000000980. The second kappa shape index (κ2) is 12.5. The number of rotatable bonds is 7. The van der Waals surface area contributed by atoms with E-state index in [0.717, 1.165) is 16.8 Å². The van der Waals surface area contributed by atoms with Crippen LogP contribution in [0.2, 0.25) is 0 Å². The Bertz CT molecular complexity index is 436. The molecule has 0 aliphatic rings. The molecule has 0 aliphatic heterocycles. The van der Waals surface area contributed by atoms with Gasteiger partial charge >= 0.3 is 0 Å². The number of carbonyl (C=O) groups is 1. The normalized spacial score (nSPS) is 11.4. The second-order valence-corrected chi connectivity index (χ2v) is 5.73. The van der Waals surface area contributed by atoms with Crippen molar-refractivity contribution in [2.24, 2.45) is 5.73 Å². The largest absolute Gasteiger partial charge is 0.326 e. The molecule has 0 unspecified atom stereocenters. The van der Waals surface area contributed by atoms with E-state index in [1.807, 2.05) is 32.0 Å². The van der Waals surface area contributed by atoms with Gasteiger partial charge in [-0.2, -0.15) is 12.6 Å². The fourth-order valence-electron chi connectivity index (χ4n) is 1.52. The highest BCUT2D eigenvalue weighted by molar-refractivity contribution is 7.80. The Kier molecular flexibility index (Phi) is 11.9. The first kappa shape index (κ1) is 21.0. The number of hydrogen-bond acceptors (Lipinski definition) is 4. The van der Waals surface area contributed by atoms with Gasteiger partial charge in [0.15, 0.2) is 0 Å². The van der Waals surface area contributed by atoms with Crippen LogP contribution in [0, 0.1) is 13.8 Å². The van der Waals surface area contributed by atoms with Gasteiger partial charge < -0.3 is 16.4 Å². The molecular formula is C17H31N3OS. The first-order chi connectivity index (χ1) is 10.5. The summed E-state index contributed by atoms with van der Waals surface area (Å²) < 4.78 is 0. The van der Waals surface area contributed by atoms with Crippen LogP contribution >= 0.6 is 12.6 Å². The van der Waals surface area contributed by atoms with E-state index >= 15 is 0 Å². The molecule has 5 heteroatoms. The number of carbonyl (C=O) groups excluding carboxylic acids is 1. The molecule has 0 radical (unpaired) electrons. The van der Waals surface area contributed by atoms with Gasteiger partial charge in [-0.05, 0) is 31.0 Å². The number of unbranched alkanes of at least 4 members (excludes halogenated alkanes) is 1. The summed E-state index contributed by atoms with van der Waals surface area (Å²) in [4.78, 5) is 11.7. The lowest BCUT2D eigenvalue weighted by molar-refractivity contribution is -0.115. The summed E-state index contributed by atoms with van der Waals surface area (Å²) in [6, 6.07) is 5.83. The van der Waals surface area contributed by atoms with Crippen LogP contribution < -0.4 is 16.4 Å². The molecule has 0 saturated heterocycles. The smallest absolute Gasteiger partial charge is 0.238 e. The summed E-state index contributed by atoms with van der Waals surface area (Å²) in [5.41, 5.74) is 8.81. The predicted molar refractivity (Wildman–Crippen MR) is 99.8 cm³/mol. The van der Waals surface area contributed by atoms with E-state index < -0.39 is 0 Å². The van der Waals surface area contributed by atoms with Crippen molar-refractivity contribution in [2.75, 3.05) is 24.2 Å². The van der Waals surface area contributed by atoms with Gasteiger partial charge in [0.25, 0.3) is 0 Å². The SMILES string of the molecule is CCCC.Cc1cccc(NC(=O)CNC[C@@H](N)CS)c1C. The minimum Gasteiger partial charge on any atom is -0.326 e. The van der Waals surface area contributed by atoms with E-state index in [1.54, 1.807) is 0 Å². The lowest BCUT2D eigenvalue weighted by atomic mass is 10.1. The number of anilines is 1. The van der Waals surface area contributed by atoms with Crippen molar-refractivity contribution in [1.29, 1.82) is 0 Å². The molecule has 4 N–H and O–H groups in total. The van der Waals surface area contributed by atoms with Crippen LogP contribution in [0.4, 0.5) is 5.69 Å². The minimum absolute atomic E-state index is 0.0261. The van der Waals surface area contributed by atoms with Crippen molar-refractivity contribution in [2.45, 2.75) is 46.6 Å². The summed E-state index contributed by atoms with van der Waals surface area (Å²) in [6.07, 6.45) is 2.64. The standard InChI is InChI=1S/C13H21N3OS.C4H10/c1-9-4-3-5-12(10(9)2)16-13(17)7-15-6-11(14)8-18;1-3-4-2/h3-5,11,15,18H,6-8,14H2,1-2H3,(H,16,17);3-4H2,1-2H3/t11-;/m1./s1. The summed E-state index contributed by atoms with van der Waals surface area (Å²) in [6.45, 7) is 9.22. The molecule has 1 aromatic rings. The zero-order valence-electron chi connectivity index (χ0n) is 14.3. The fourth-order valence-corrected chi connectivity index (χ4v) is 1.65. The first-order valence-corrected chi connectivity index (χ1v) is 8.52. The number of thiol groups is 1. The highest BCUT2D eigenvalue weighted by Gasteiger charge is 2.06. The quantitative estimate of drug-likeness (QED) is 0.583. The number of nitrogens with two attached hydrogens (primary N) is 1. The molecule has 0 bridgehead atoms. The Morgan fingerprint density at radius 2 is 1.91 bits per heavy atom. The molecule has 22 heavy (non-hydrogen) atoms. The summed E-state index contributed by atoms with van der Waals surface area (Å²) in [5, 5.41) is 5.89. The van der Waals surface area contributed by atoms with Gasteiger partial charge in [-0.3, -0.25) is 4.79 Å². The van der Waals surface area contributed by atoms with E-state index in [9.17, 15) is 4.79 Å². The van der Waals surface area contributed by atoms with Gasteiger partial charge in [-0.25, -0.2) is 0 Å². The van der Waals surface area contributed by atoms with Crippen molar-refractivity contribution in [3.8, 4) is 0 Å². The second-order valence-electron chi connectivity index (χ2n) is 5.37. The van der Waals surface area contributed by atoms with E-state index in [4.69, 9.17) is 5.73 Å². The van der Waals surface area contributed by atoms with Crippen molar-refractivity contribution >= 4 is 24.2 Å². The van der Waals surface area contributed by atoms with E-state index in [2.05, 4.69) is 37.1 Å². The van der Waals surface area contributed by atoms with E-state index in [1.165, 1.54) is 12.8 Å².